The monoisotopic (exact) mass is 648 g/mol. The summed E-state index contributed by atoms with van der Waals surface area (Å²) in [5.41, 5.74) is -0.367. The van der Waals surface area contributed by atoms with Crippen LogP contribution in [-0.2, 0) is 42.7 Å². The molecule has 0 rings (SSSR count). The maximum Gasteiger partial charge on any atom is 1.00 e. The van der Waals surface area contributed by atoms with E-state index in [9.17, 15) is 25.2 Å². The summed E-state index contributed by atoms with van der Waals surface area (Å²) in [6, 6.07) is 0. The van der Waals surface area contributed by atoms with E-state index in [2.05, 4.69) is 0 Å². The summed E-state index contributed by atoms with van der Waals surface area (Å²) in [4.78, 5) is 12.3. The normalized spacial score (nSPS) is 15.5. The predicted molar refractivity (Wildman–Crippen MR) is 147 cm³/mol. The number of hydrogen-bond acceptors (Lipinski definition) is 15. The Hall–Kier alpha value is 0.746. The Balaban J connectivity index is -0.00000267. The van der Waals surface area contributed by atoms with E-state index >= 15 is 0 Å². The molecule has 0 radical (unpaired) electrons. The van der Waals surface area contributed by atoms with Gasteiger partial charge in [0.05, 0.1) is 85.9 Å². The van der Waals surface area contributed by atoms with Crippen molar-refractivity contribution in [2.24, 2.45) is 5.41 Å². The van der Waals surface area contributed by atoms with Gasteiger partial charge in [0.25, 0.3) is 0 Å². The zero-order chi connectivity index (χ0) is 30.9. The van der Waals surface area contributed by atoms with Crippen LogP contribution in [-0.4, -0.2) is 180 Å². The molecule has 0 aliphatic rings. The van der Waals surface area contributed by atoms with Crippen molar-refractivity contribution in [3.8, 4) is 0 Å². The zero-order valence-electron chi connectivity index (χ0n) is 26.6. The van der Waals surface area contributed by atoms with Crippen LogP contribution < -0.4 is 51.4 Å². The summed E-state index contributed by atoms with van der Waals surface area (Å²) in [7, 11) is 3.18. The average Bonchev–Trinajstić information content (AvgIpc) is 2.96. The molecule has 5 atom stereocenters. The Morgan fingerprint density at radius 3 is 1.71 bits per heavy atom. The van der Waals surface area contributed by atoms with Crippen molar-refractivity contribution in [1.82, 2.24) is 0 Å². The van der Waals surface area contributed by atoms with Gasteiger partial charge in [0.15, 0.2) is 5.78 Å². The molecule has 15 nitrogen and oxygen atoms in total. The molecule has 0 fully saturated rings. The van der Waals surface area contributed by atoms with E-state index in [1.54, 1.807) is 14.2 Å². The molecule has 250 valence electrons. The Morgan fingerprint density at radius 2 is 1.17 bits per heavy atom. The van der Waals surface area contributed by atoms with Crippen molar-refractivity contribution in [3.05, 3.63) is 0 Å². The summed E-state index contributed by atoms with van der Waals surface area (Å²) >= 11 is 0. The Kier molecular flexibility index (Phi) is 31.2. The van der Waals surface area contributed by atoms with E-state index in [0.717, 1.165) is 6.42 Å². The van der Waals surface area contributed by atoms with Crippen LogP contribution in [0.25, 0.3) is 0 Å². The van der Waals surface area contributed by atoms with Crippen molar-refractivity contribution in [1.29, 1.82) is 0 Å². The molecule has 6 N–H and O–H groups in total. The average molecular weight is 649 g/mol. The van der Waals surface area contributed by atoms with Crippen LogP contribution >= 0.6 is 0 Å². The quantitative estimate of drug-likeness (QED) is 0.0401. The number of carbonyl (C=O) groups excluding carboxylic acids is 1. The number of aliphatic hydroxyl groups excluding tert-OH is 6. The number of ketones is 1. The second-order valence-electron chi connectivity index (χ2n) is 9.76. The number of hydrogen-bond donors (Lipinski definition) is 6. The van der Waals surface area contributed by atoms with Gasteiger partial charge in [-0.25, -0.2) is 0 Å². The van der Waals surface area contributed by atoms with Crippen LogP contribution in [0.3, 0.4) is 0 Å². The number of aliphatic hydroxyl groups is 6. The molecule has 42 heavy (non-hydrogen) atoms. The summed E-state index contributed by atoms with van der Waals surface area (Å²) < 4.78 is 43.3. The number of rotatable bonds is 30. The van der Waals surface area contributed by atoms with Crippen LogP contribution in [0.5, 0.6) is 0 Å². The van der Waals surface area contributed by atoms with Gasteiger partial charge in [0.2, 0.25) is 0 Å². The van der Waals surface area contributed by atoms with Crippen LogP contribution in [0.4, 0.5) is 0 Å². The summed E-state index contributed by atoms with van der Waals surface area (Å²) in [6.45, 7) is 0.490. The molecular weight excluding hydrogens is 591 g/mol. The maximum atomic E-state index is 12.3. The van der Waals surface area contributed by atoms with Crippen molar-refractivity contribution in [3.63, 3.8) is 0 Å². The summed E-state index contributed by atoms with van der Waals surface area (Å²) in [5.74, 6) is -0.295. The number of Topliss-reactive ketones (excluding diaryl/α,β-unsaturated/α-hetero) is 1. The second-order valence-corrected chi connectivity index (χ2v) is 9.76. The minimum atomic E-state index is -1.10. The fraction of sp³-hybridized carbons (Fsp3) is 0.962. The SMILES string of the molecule is CCC(COC)(COC)COCC(=O)COCC(COCC(O)COCC(O)CO)OCC(CO)OCC(O)CO.[3HH].[H-].[K+]. The largest absolute Gasteiger partial charge is 1.00 e. The molecule has 0 aliphatic heterocycles. The molecule has 0 spiro atoms. The fourth-order valence-electron chi connectivity index (χ4n) is 3.39. The Bertz CT molecular complexity index is 624. The first-order valence-electron chi connectivity index (χ1n) is 13.6. The van der Waals surface area contributed by atoms with Gasteiger partial charge in [-0.2, -0.15) is 0 Å². The van der Waals surface area contributed by atoms with E-state index in [1.807, 2.05) is 6.92 Å². The molecule has 0 aromatic carbocycles. The van der Waals surface area contributed by atoms with Crippen molar-refractivity contribution in [2.75, 3.05) is 113 Å². The molecule has 0 heterocycles. The third-order valence-electron chi connectivity index (χ3n) is 5.79. The van der Waals surface area contributed by atoms with E-state index in [-0.39, 0.29) is 132 Å². The van der Waals surface area contributed by atoms with Gasteiger partial charge in [-0.15, -0.1) is 0 Å². The van der Waals surface area contributed by atoms with Gasteiger partial charge >= 0.3 is 51.4 Å². The molecule has 0 aromatic heterocycles. The van der Waals surface area contributed by atoms with Gasteiger partial charge < -0.3 is 70.0 Å². The van der Waals surface area contributed by atoms with Crippen molar-refractivity contribution < 1.29 is 128 Å². The Morgan fingerprint density at radius 1 is 0.667 bits per heavy atom. The van der Waals surface area contributed by atoms with Gasteiger partial charge in [0.1, 0.15) is 43.7 Å². The van der Waals surface area contributed by atoms with Crippen LogP contribution in [0, 0.1) is 5.41 Å². The molecule has 0 aromatic rings. The Labute approximate surface area is 294 Å². The molecule has 0 saturated heterocycles. The van der Waals surface area contributed by atoms with Crippen LogP contribution in [0.2, 0.25) is 0 Å². The van der Waals surface area contributed by atoms with Crippen molar-refractivity contribution in [2.45, 2.75) is 43.9 Å². The first kappa shape index (κ1) is 44.9. The summed E-state index contributed by atoms with van der Waals surface area (Å²) in [6.07, 6.45) is -3.94. The fourth-order valence-corrected chi connectivity index (χ4v) is 3.39. The van der Waals surface area contributed by atoms with Gasteiger partial charge in [-0.05, 0) is 6.42 Å². The third-order valence-corrected chi connectivity index (χ3v) is 5.79. The molecule has 16 heteroatoms. The van der Waals surface area contributed by atoms with Crippen LogP contribution in [0.1, 0.15) is 16.2 Å². The number of ether oxygens (including phenoxy) is 8. The second kappa shape index (κ2) is 29.2. The third kappa shape index (κ3) is 23.1. The number of carbonyl (C=O) groups is 1. The molecule has 5 unspecified atom stereocenters. The molecule has 0 aliphatic carbocycles. The molecule has 0 bridgehead atoms. The van der Waals surface area contributed by atoms with Gasteiger partial charge in [0, 0.05) is 21.1 Å². The predicted octanol–water partition coefficient (Wildman–Crippen LogP) is -5.50. The minimum absolute atomic E-state index is 0. The van der Waals surface area contributed by atoms with Gasteiger partial charge in [-0.1, -0.05) is 6.92 Å². The first-order chi connectivity index (χ1) is 19.7. The van der Waals surface area contributed by atoms with E-state index in [0.29, 0.717) is 13.2 Å². The molecule has 0 amide bonds. The molecular formula is C26H55KO15. The smallest absolute Gasteiger partial charge is 1.00 e. The topological polar surface area (TPSA) is 212 Å². The van der Waals surface area contributed by atoms with Gasteiger partial charge in [-0.3, -0.25) is 4.79 Å². The molecule has 0 saturated carbocycles. The standard InChI is InChI=1S/C26H52O15.K.H2.H/c1-4-26(17-34-2,18-35-3)19-39-12-23(33)11-38-15-25(41-16-24(7-29)40-13-21(31)6-28)14-37-10-22(32)9-36-8-20(30)5-27;;;/h20-22,24-25,27-32H,4-19H2,1-3H3;;1H;/q;+1;;-1/i;;1+2;. The maximum absolute atomic E-state index is 12.3. The first-order valence-corrected chi connectivity index (χ1v) is 13.6. The number of methoxy groups -OCH3 is 2. The summed E-state index contributed by atoms with van der Waals surface area (Å²) in [5, 5.41) is 55.9. The van der Waals surface area contributed by atoms with Crippen LogP contribution in [0.15, 0.2) is 0 Å². The minimum Gasteiger partial charge on any atom is -1.00 e. The van der Waals surface area contributed by atoms with E-state index in [1.165, 1.54) is 0 Å². The zero-order valence-corrected chi connectivity index (χ0v) is 28.7. The van der Waals surface area contributed by atoms with E-state index < -0.39 is 50.3 Å². The van der Waals surface area contributed by atoms with Crippen molar-refractivity contribution >= 4 is 5.78 Å². The van der Waals surface area contributed by atoms with E-state index in [4.69, 9.17) is 48.1 Å².